The quantitative estimate of drug-likeness (QED) is 0.648. The van der Waals surface area contributed by atoms with Gasteiger partial charge in [0.1, 0.15) is 5.82 Å². The fourth-order valence-corrected chi connectivity index (χ4v) is 2.23. The molecule has 0 atom stereocenters. The summed E-state index contributed by atoms with van der Waals surface area (Å²) in [6.07, 6.45) is 6.63. The van der Waals surface area contributed by atoms with Crippen LogP contribution in [0.25, 0.3) is 0 Å². The maximum absolute atomic E-state index is 13.5. The molecule has 2 heteroatoms. The summed E-state index contributed by atoms with van der Waals surface area (Å²) in [5.74, 6) is 0.238. The van der Waals surface area contributed by atoms with E-state index in [4.69, 9.17) is 11.6 Å². The third-order valence-corrected chi connectivity index (χ3v) is 3.08. The molecule has 1 radical (unpaired) electrons. The van der Waals surface area contributed by atoms with Crippen LogP contribution in [0.2, 0.25) is 5.02 Å². The molecule has 1 aliphatic rings. The van der Waals surface area contributed by atoms with Gasteiger partial charge in [0.15, 0.2) is 0 Å². The lowest BCUT2D eigenvalue weighted by atomic mass is 9.84. The standard InChI is InChI=1S/C12H13ClF/c13-10-6-7-11(12(14)8-10)9-4-2-1-3-5-9/h1,6-9H,2-5H2. The summed E-state index contributed by atoms with van der Waals surface area (Å²) in [6, 6.07) is 5.02. The summed E-state index contributed by atoms with van der Waals surface area (Å²) in [5, 5.41) is 0.480. The van der Waals surface area contributed by atoms with Crippen molar-refractivity contribution in [2.45, 2.75) is 31.6 Å². The van der Waals surface area contributed by atoms with Crippen molar-refractivity contribution in [2.24, 2.45) is 0 Å². The van der Waals surface area contributed by atoms with Crippen LogP contribution in [-0.2, 0) is 0 Å². The van der Waals surface area contributed by atoms with Gasteiger partial charge < -0.3 is 0 Å². The van der Waals surface area contributed by atoms with Crippen LogP contribution in [0.4, 0.5) is 4.39 Å². The van der Waals surface area contributed by atoms with Crippen molar-refractivity contribution in [3.05, 3.63) is 41.0 Å². The first kappa shape index (κ1) is 9.97. The van der Waals surface area contributed by atoms with Gasteiger partial charge in [0.25, 0.3) is 0 Å². The number of hydrogen-bond donors (Lipinski definition) is 0. The Morgan fingerprint density at radius 2 is 1.93 bits per heavy atom. The molecule has 0 saturated heterocycles. The van der Waals surface area contributed by atoms with Crippen LogP contribution < -0.4 is 0 Å². The minimum absolute atomic E-state index is 0.149. The predicted molar refractivity (Wildman–Crippen MR) is 56.9 cm³/mol. The lowest BCUT2D eigenvalue weighted by molar-refractivity contribution is 0.485. The molecule has 0 aromatic heterocycles. The molecular weight excluding hydrogens is 199 g/mol. The Morgan fingerprint density at radius 3 is 2.57 bits per heavy atom. The van der Waals surface area contributed by atoms with E-state index in [1.54, 1.807) is 6.07 Å². The van der Waals surface area contributed by atoms with E-state index in [1.807, 2.05) is 6.07 Å². The van der Waals surface area contributed by atoms with Crippen molar-refractivity contribution in [1.29, 1.82) is 0 Å². The molecule has 75 valence electrons. The molecule has 2 rings (SSSR count). The Kier molecular flexibility index (Phi) is 3.07. The molecule has 0 N–H and O–H groups in total. The normalized spacial score (nSPS) is 18.4. The van der Waals surface area contributed by atoms with Gasteiger partial charge in [-0.15, -0.1) is 0 Å². The van der Waals surface area contributed by atoms with E-state index in [0.29, 0.717) is 10.9 Å². The Hall–Kier alpha value is -0.560. The summed E-state index contributed by atoms with van der Waals surface area (Å²) in [5.41, 5.74) is 0.836. The summed E-state index contributed by atoms with van der Waals surface area (Å²) >= 11 is 5.71. The molecule has 0 amide bonds. The summed E-state index contributed by atoms with van der Waals surface area (Å²) in [6.45, 7) is 0. The molecule has 1 aromatic carbocycles. The van der Waals surface area contributed by atoms with Crippen molar-refractivity contribution in [1.82, 2.24) is 0 Å². The van der Waals surface area contributed by atoms with E-state index in [0.717, 1.165) is 31.2 Å². The van der Waals surface area contributed by atoms with Gasteiger partial charge >= 0.3 is 0 Å². The lowest BCUT2D eigenvalue weighted by Crippen LogP contribution is -2.06. The van der Waals surface area contributed by atoms with Crippen molar-refractivity contribution < 1.29 is 4.39 Å². The van der Waals surface area contributed by atoms with Gasteiger partial charge in [-0.1, -0.05) is 17.7 Å². The van der Waals surface area contributed by atoms with Gasteiger partial charge in [0, 0.05) is 5.02 Å². The number of benzene rings is 1. The van der Waals surface area contributed by atoms with Gasteiger partial charge in [0.05, 0.1) is 0 Å². The van der Waals surface area contributed by atoms with E-state index in [-0.39, 0.29) is 5.82 Å². The number of rotatable bonds is 1. The zero-order valence-electron chi connectivity index (χ0n) is 7.97. The lowest BCUT2D eigenvalue weighted by Gasteiger charge is -2.22. The molecule has 0 unspecified atom stereocenters. The Morgan fingerprint density at radius 1 is 1.21 bits per heavy atom. The highest BCUT2D eigenvalue weighted by Gasteiger charge is 2.18. The number of hydrogen-bond acceptors (Lipinski definition) is 0. The van der Waals surface area contributed by atoms with E-state index < -0.39 is 0 Å². The van der Waals surface area contributed by atoms with E-state index in [1.165, 1.54) is 6.07 Å². The molecule has 1 aliphatic carbocycles. The first-order valence-electron chi connectivity index (χ1n) is 5.04. The van der Waals surface area contributed by atoms with Crippen LogP contribution >= 0.6 is 11.6 Å². The third-order valence-electron chi connectivity index (χ3n) is 2.84. The Labute approximate surface area is 89.1 Å². The first-order chi connectivity index (χ1) is 6.77. The van der Waals surface area contributed by atoms with E-state index in [2.05, 4.69) is 6.42 Å². The zero-order valence-corrected chi connectivity index (χ0v) is 8.73. The summed E-state index contributed by atoms with van der Waals surface area (Å²) in [7, 11) is 0. The minimum Gasteiger partial charge on any atom is -0.207 e. The van der Waals surface area contributed by atoms with Crippen LogP contribution in [0.15, 0.2) is 18.2 Å². The fraction of sp³-hybridized carbons (Fsp3) is 0.417. The summed E-state index contributed by atoms with van der Waals surface area (Å²) < 4.78 is 13.5. The number of halogens is 2. The van der Waals surface area contributed by atoms with Crippen LogP contribution in [0.5, 0.6) is 0 Å². The Balaban J connectivity index is 2.22. The second-order valence-electron chi connectivity index (χ2n) is 3.81. The third kappa shape index (κ3) is 2.09. The molecule has 0 heterocycles. The van der Waals surface area contributed by atoms with Gasteiger partial charge in [0.2, 0.25) is 0 Å². The van der Waals surface area contributed by atoms with Crippen molar-refractivity contribution >= 4 is 11.6 Å². The second-order valence-corrected chi connectivity index (χ2v) is 4.24. The highest BCUT2D eigenvalue weighted by molar-refractivity contribution is 6.30. The van der Waals surface area contributed by atoms with E-state index in [9.17, 15) is 4.39 Å². The topological polar surface area (TPSA) is 0 Å². The largest absolute Gasteiger partial charge is 0.207 e. The minimum atomic E-state index is -0.149. The average Bonchev–Trinajstić information content (AvgIpc) is 2.19. The van der Waals surface area contributed by atoms with Crippen molar-refractivity contribution in [3.63, 3.8) is 0 Å². The molecular formula is C12H13ClF. The second kappa shape index (κ2) is 4.31. The highest BCUT2D eigenvalue weighted by atomic mass is 35.5. The molecule has 0 bridgehead atoms. The SMILES string of the molecule is Fc1cc(Cl)ccc1C1CC[CH]CC1. The summed E-state index contributed by atoms with van der Waals surface area (Å²) in [4.78, 5) is 0. The van der Waals surface area contributed by atoms with E-state index >= 15 is 0 Å². The maximum Gasteiger partial charge on any atom is 0.128 e. The fourth-order valence-electron chi connectivity index (χ4n) is 2.07. The molecule has 14 heavy (non-hydrogen) atoms. The van der Waals surface area contributed by atoms with Crippen molar-refractivity contribution in [2.75, 3.05) is 0 Å². The van der Waals surface area contributed by atoms with Crippen LogP contribution in [0, 0.1) is 12.2 Å². The van der Waals surface area contributed by atoms with Gasteiger partial charge in [-0.05, 0) is 55.7 Å². The van der Waals surface area contributed by atoms with Gasteiger partial charge in [-0.2, -0.15) is 0 Å². The van der Waals surface area contributed by atoms with Crippen LogP contribution in [0.3, 0.4) is 0 Å². The molecule has 1 saturated carbocycles. The molecule has 0 aliphatic heterocycles. The Bertz CT molecular complexity index is 316. The molecule has 0 spiro atoms. The smallest absolute Gasteiger partial charge is 0.128 e. The molecule has 0 nitrogen and oxygen atoms in total. The van der Waals surface area contributed by atoms with Gasteiger partial charge in [-0.25, -0.2) is 4.39 Å². The van der Waals surface area contributed by atoms with Crippen LogP contribution in [0.1, 0.15) is 37.2 Å². The highest BCUT2D eigenvalue weighted by Crippen LogP contribution is 2.34. The van der Waals surface area contributed by atoms with Crippen molar-refractivity contribution in [3.8, 4) is 0 Å². The average molecular weight is 212 g/mol. The predicted octanol–water partition coefficient (Wildman–Crippen LogP) is 4.34. The molecule has 1 aromatic rings. The zero-order chi connectivity index (χ0) is 9.97. The molecule has 1 fully saturated rings. The maximum atomic E-state index is 13.5. The van der Waals surface area contributed by atoms with Crippen LogP contribution in [-0.4, -0.2) is 0 Å². The first-order valence-corrected chi connectivity index (χ1v) is 5.42. The monoisotopic (exact) mass is 211 g/mol. The van der Waals surface area contributed by atoms with Gasteiger partial charge in [-0.3, -0.25) is 0 Å².